The zero-order chi connectivity index (χ0) is 18.9. The predicted molar refractivity (Wildman–Crippen MR) is 114 cm³/mol. The maximum absolute atomic E-state index is 4.78. The van der Waals surface area contributed by atoms with Gasteiger partial charge in [0.25, 0.3) is 0 Å². The number of rotatable bonds is 8. The molecule has 0 fully saturated rings. The quantitative estimate of drug-likeness (QED) is 0.636. The Hall–Kier alpha value is -2.42. The van der Waals surface area contributed by atoms with Gasteiger partial charge < -0.3 is 5.32 Å². The summed E-state index contributed by atoms with van der Waals surface area (Å²) in [6.45, 7) is 13.6. The summed E-state index contributed by atoms with van der Waals surface area (Å²) in [4.78, 5) is 9.20. The van der Waals surface area contributed by atoms with Gasteiger partial charge in [-0.2, -0.15) is 0 Å². The van der Waals surface area contributed by atoms with Crippen LogP contribution in [-0.2, 0) is 0 Å². The lowest BCUT2D eigenvalue weighted by Gasteiger charge is -2.29. The molecule has 1 aliphatic rings. The number of nitrogens with zero attached hydrogens (tertiary/aromatic N) is 2. The fourth-order valence-electron chi connectivity index (χ4n) is 3.23. The van der Waals surface area contributed by atoms with Gasteiger partial charge in [0.15, 0.2) is 0 Å². The van der Waals surface area contributed by atoms with Crippen molar-refractivity contribution in [3.8, 4) is 0 Å². The van der Waals surface area contributed by atoms with Crippen molar-refractivity contribution in [2.75, 3.05) is 6.54 Å². The molecule has 0 aliphatic carbocycles. The first-order valence-electron chi connectivity index (χ1n) is 9.46. The minimum atomic E-state index is 0.174. The van der Waals surface area contributed by atoms with Crippen molar-refractivity contribution in [2.45, 2.75) is 46.1 Å². The lowest BCUT2D eigenvalue weighted by molar-refractivity contribution is 0.582. The highest BCUT2D eigenvalue weighted by Crippen LogP contribution is 2.33. The Bertz CT molecular complexity index is 700. The van der Waals surface area contributed by atoms with Crippen molar-refractivity contribution in [1.29, 1.82) is 0 Å². The lowest BCUT2D eigenvalue weighted by atomic mass is 9.79. The monoisotopic (exact) mass is 349 g/mol. The van der Waals surface area contributed by atoms with Crippen molar-refractivity contribution >= 4 is 12.1 Å². The molecule has 26 heavy (non-hydrogen) atoms. The van der Waals surface area contributed by atoms with Crippen molar-refractivity contribution in [1.82, 2.24) is 5.32 Å². The molecule has 3 nitrogen and oxygen atoms in total. The van der Waals surface area contributed by atoms with Gasteiger partial charge in [-0.1, -0.05) is 69.8 Å². The maximum Gasteiger partial charge on any atom is 0.0827 e. The van der Waals surface area contributed by atoms with Crippen LogP contribution < -0.4 is 5.32 Å². The summed E-state index contributed by atoms with van der Waals surface area (Å²) in [5, 5.41) is 3.44. The Morgan fingerprint density at radius 2 is 2.08 bits per heavy atom. The average molecular weight is 350 g/mol. The molecule has 2 unspecified atom stereocenters. The number of hydrogen-bond donors (Lipinski definition) is 1. The molecule has 1 heterocycles. The van der Waals surface area contributed by atoms with Gasteiger partial charge in [-0.05, 0) is 36.0 Å². The summed E-state index contributed by atoms with van der Waals surface area (Å²) >= 11 is 0. The van der Waals surface area contributed by atoms with Crippen LogP contribution in [0.3, 0.4) is 0 Å². The first-order valence-corrected chi connectivity index (χ1v) is 9.46. The fraction of sp³-hybridized carbons (Fsp3) is 0.391. The Labute approximate surface area is 158 Å². The Morgan fingerprint density at radius 3 is 2.62 bits per heavy atom. The molecule has 0 aromatic heterocycles. The fourth-order valence-corrected chi connectivity index (χ4v) is 3.23. The molecule has 2 atom stereocenters. The number of hydrogen-bond acceptors (Lipinski definition) is 3. The molecule has 1 aromatic carbocycles. The molecular weight excluding hydrogens is 318 g/mol. The standard InChI is InChI=1S/C23H31N3/c1-6-13-25-23(18(5)7-2)20(14-17(3)4)22(21-15-24-16-26-21)19-11-9-8-10-12-19/h6,8-14,16-17,21-22H,5,7,15H2,1-4H3,(H,24,26)/b13-6-,20-14-,25-23+. The van der Waals surface area contributed by atoms with Gasteiger partial charge in [0.05, 0.1) is 24.6 Å². The molecule has 1 aliphatic heterocycles. The summed E-state index contributed by atoms with van der Waals surface area (Å²) in [5.41, 5.74) is 4.58. The van der Waals surface area contributed by atoms with Crippen LogP contribution in [0.1, 0.15) is 45.6 Å². The minimum Gasteiger partial charge on any atom is -0.371 e. The zero-order valence-electron chi connectivity index (χ0n) is 16.4. The van der Waals surface area contributed by atoms with E-state index in [0.29, 0.717) is 5.92 Å². The van der Waals surface area contributed by atoms with E-state index in [2.05, 4.69) is 74.1 Å². The van der Waals surface area contributed by atoms with Gasteiger partial charge in [0.2, 0.25) is 0 Å². The summed E-state index contributed by atoms with van der Waals surface area (Å²) < 4.78 is 0. The summed E-state index contributed by atoms with van der Waals surface area (Å²) in [6, 6.07) is 10.9. The summed E-state index contributed by atoms with van der Waals surface area (Å²) in [7, 11) is 0. The largest absolute Gasteiger partial charge is 0.371 e. The van der Waals surface area contributed by atoms with Crippen molar-refractivity contribution in [2.24, 2.45) is 15.9 Å². The van der Waals surface area contributed by atoms with Crippen molar-refractivity contribution in [3.63, 3.8) is 0 Å². The Morgan fingerprint density at radius 1 is 1.35 bits per heavy atom. The highest BCUT2D eigenvalue weighted by atomic mass is 15.1. The number of benzene rings is 1. The van der Waals surface area contributed by atoms with E-state index >= 15 is 0 Å². The highest BCUT2D eigenvalue weighted by molar-refractivity contribution is 6.13. The van der Waals surface area contributed by atoms with Gasteiger partial charge in [0, 0.05) is 12.1 Å². The third-order valence-corrected chi connectivity index (χ3v) is 4.48. The second-order valence-electron chi connectivity index (χ2n) is 6.94. The van der Waals surface area contributed by atoms with E-state index in [1.54, 1.807) is 0 Å². The molecule has 2 rings (SSSR count). The van der Waals surface area contributed by atoms with Crippen LogP contribution in [0.15, 0.2) is 76.4 Å². The van der Waals surface area contributed by atoms with Gasteiger partial charge >= 0.3 is 0 Å². The average Bonchev–Trinajstić information content (AvgIpc) is 3.16. The van der Waals surface area contributed by atoms with E-state index in [-0.39, 0.29) is 12.0 Å². The molecule has 0 saturated heterocycles. The van der Waals surface area contributed by atoms with Crippen LogP contribution in [0.25, 0.3) is 0 Å². The predicted octanol–water partition coefficient (Wildman–Crippen LogP) is 5.29. The number of aliphatic imine (C=N–C) groups is 2. The summed E-state index contributed by atoms with van der Waals surface area (Å²) in [5.74, 6) is 0.590. The van der Waals surface area contributed by atoms with E-state index in [1.807, 2.05) is 25.5 Å². The van der Waals surface area contributed by atoms with Crippen LogP contribution >= 0.6 is 0 Å². The van der Waals surface area contributed by atoms with Crippen molar-refractivity contribution in [3.05, 3.63) is 72.0 Å². The molecule has 138 valence electrons. The number of nitrogens with one attached hydrogen (secondary N) is 1. The molecule has 3 heteroatoms. The summed E-state index contributed by atoms with van der Waals surface area (Å²) in [6.07, 6.45) is 8.86. The number of allylic oxidation sites excluding steroid dienone is 3. The third-order valence-electron chi connectivity index (χ3n) is 4.48. The SMILES string of the molecule is C=C(CC)C(=N\C=C/C)/C(=C\C(C)C)C(c1ccccc1)C1CN=CN1. The van der Waals surface area contributed by atoms with E-state index in [1.165, 1.54) is 11.1 Å². The molecular formula is C23H31N3. The third kappa shape index (κ3) is 5.04. The topological polar surface area (TPSA) is 36.8 Å². The van der Waals surface area contributed by atoms with Gasteiger partial charge in [0.1, 0.15) is 0 Å². The second kappa shape index (κ2) is 9.91. The smallest absolute Gasteiger partial charge is 0.0827 e. The van der Waals surface area contributed by atoms with Crippen LogP contribution in [0.5, 0.6) is 0 Å². The van der Waals surface area contributed by atoms with Gasteiger partial charge in [-0.25, -0.2) is 0 Å². The maximum atomic E-state index is 4.78. The zero-order valence-corrected chi connectivity index (χ0v) is 16.4. The van der Waals surface area contributed by atoms with E-state index in [9.17, 15) is 0 Å². The van der Waals surface area contributed by atoms with Gasteiger partial charge in [-0.15, -0.1) is 0 Å². The Balaban J connectivity index is 2.61. The van der Waals surface area contributed by atoms with E-state index in [4.69, 9.17) is 4.99 Å². The molecule has 0 amide bonds. The molecule has 0 radical (unpaired) electrons. The van der Waals surface area contributed by atoms with E-state index < -0.39 is 0 Å². The van der Waals surface area contributed by atoms with E-state index in [0.717, 1.165) is 24.3 Å². The molecule has 1 aromatic rings. The molecule has 0 spiro atoms. The van der Waals surface area contributed by atoms with Gasteiger partial charge in [-0.3, -0.25) is 9.98 Å². The van der Waals surface area contributed by atoms with Crippen LogP contribution in [0, 0.1) is 5.92 Å². The molecule has 0 bridgehead atoms. The van der Waals surface area contributed by atoms with Crippen LogP contribution in [0.4, 0.5) is 0 Å². The normalized spacial score (nSPS) is 19.2. The second-order valence-corrected chi connectivity index (χ2v) is 6.94. The first-order chi connectivity index (χ1) is 12.6. The minimum absolute atomic E-state index is 0.174. The lowest BCUT2D eigenvalue weighted by Crippen LogP contribution is -2.35. The van der Waals surface area contributed by atoms with Crippen molar-refractivity contribution < 1.29 is 0 Å². The van der Waals surface area contributed by atoms with Crippen LogP contribution in [0.2, 0.25) is 0 Å². The highest BCUT2D eigenvalue weighted by Gasteiger charge is 2.31. The van der Waals surface area contributed by atoms with Crippen LogP contribution in [-0.4, -0.2) is 24.6 Å². The molecule has 1 N–H and O–H groups in total. The first kappa shape index (κ1) is 19.9. The Kier molecular flexibility index (Phi) is 7.58. The molecule has 0 saturated carbocycles.